The largest absolute Gasteiger partial charge is 0.334 e. The summed E-state index contributed by atoms with van der Waals surface area (Å²) in [5, 5.41) is 4.92. The van der Waals surface area contributed by atoms with Gasteiger partial charge in [-0.25, -0.2) is 4.68 Å². The lowest BCUT2D eigenvalue weighted by Gasteiger charge is -2.25. The summed E-state index contributed by atoms with van der Waals surface area (Å²) in [6, 6.07) is 19.6. The quantitative estimate of drug-likeness (QED) is 0.675. The minimum Gasteiger partial charge on any atom is -0.334 e. The van der Waals surface area contributed by atoms with Crippen LogP contribution in [0.4, 0.5) is 0 Å². The number of carbonyl (C=O) groups is 1. The summed E-state index contributed by atoms with van der Waals surface area (Å²) in [7, 11) is 1.72. The minimum absolute atomic E-state index is 0.161. The molecule has 1 unspecified atom stereocenters. The molecule has 1 heterocycles. The molecule has 0 saturated carbocycles. The van der Waals surface area contributed by atoms with Crippen molar-refractivity contribution in [3.63, 3.8) is 0 Å². The van der Waals surface area contributed by atoms with E-state index in [4.69, 9.17) is 11.6 Å². The number of aromatic nitrogens is 2. The van der Waals surface area contributed by atoms with Crippen molar-refractivity contribution < 1.29 is 4.79 Å². The Morgan fingerprint density at radius 2 is 1.74 bits per heavy atom. The first-order valence-electron chi connectivity index (χ1n) is 8.60. The molecule has 27 heavy (non-hydrogen) atoms. The molecule has 0 aliphatic heterocycles. The van der Waals surface area contributed by atoms with Crippen molar-refractivity contribution in [2.75, 3.05) is 7.05 Å². The van der Waals surface area contributed by atoms with Crippen molar-refractivity contribution in [3.8, 4) is 0 Å². The van der Waals surface area contributed by atoms with Gasteiger partial charge in [-0.05, 0) is 36.2 Å². The van der Waals surface area contributed by atoms with Gasteiger partial charge in [-0.1, -0.05) is 54.1 Å². The van der Waals surface area contributed by atoms with E-state index in [-0.39, 0.29) is 23.2 Å². The van der Waals surface area contributed by atoms with Crippen molar-refractivity contribution in [2.24, 2.45) is 0 Å². The van der Waals surface area contributed by atoms with Crippen LogP contribution in [0.1, 0.15) is 34.6 Å². The maximum absolute atomic E-state index is 12.9. The number of rotatable bonds is 5. The highest BCUT2D eigenvalue weighted by Gasteiger charge is 2.21. The van der Waals surface area contributed by atoms with Gasteiger partial charge in [-0.2, -0.15) is 5.10 Å². The average molecular weight is 382 g/mol. The number of halogens is 1. The normalized spacial score (nSPS) is 11.8. The molecule has 0 bridgehead atoms. The number of nitrogens with zero attached hydrogens (tertiary/aromatic N) is 3. The maximum Gasteiger partial charge on any atom is 0.274 e. The summed E-state index contributed by atoms with van der Waals surface area (Å²) >= 11 is 5.93. The zero-order valence-electron chi connectivity index (χ0n) is 15.2. The standard InChI is InChI=1S/C21H20ClN3O2/c1-15(17-8-10-18(22)11-9-17)24(2)21(27)19-12-13-20(26)25(23-19)14-16-6-4-3-5-7-16/h3-13,15H,14H2,1-2H3. The van der Waals surface area contributed by atoms with E-state index in [0.29, 0.717) is 11.6 Å². The van der Waals surface area contributed by atoms with Gasteiger partial charge in [0.15, 0.2) is 0 Å². The topological polar surface area (TPSA) is 55.2 Å². The van der Waals surface area contributed by atoms with Crippen LogP contribution in [0.5, 0.6) is 0 Å². The highest BCUT2D eigenvalue weighted by atomic mass is 35.5. The lowest BCUT2D eigenvalue weighted by Crippen LogP contribution is -2.33. The molecule has 0 aliphatic rings. The van der Waals surface area contributed by atoms with Crippen LogP contribution in [-0.4, -0.2) is 27.6 Å². The zero-order valence-corrected chi connectivity index (χ0v) is 15.9. The lowest BCUT2D eigenvalue weighted by atomic mass is 10.1. The number of hydrogen-bond acceptors (Lipinski definition) is 3. The van der Waals surface area contributed by atoms with E-state index in [1.807, 2.05) is 49.4 Å². The van der Waals surface area contributed by atoms with E-state index in [1.54, 1.807) is 24.1 Å². The van der Waals surface area contributed by atoms with Gasteiger partial charge in [0, 0.05) is 18.1 Å². The van der Waals surface area contributed by atoms with Gasteiger partial charge < -0.3 is 4.90 Å². The highest BCUT2D eigenvalue weighted by Crippen LogP contribution is 2.22. The number of benzene rings is 2. The maximum atomic E-state index is 12.9. The third-order valence-corrected chi connectivity index (χ3v) is 4.77. The molecule has 3 aromatic rings. The Hall–Kier alpha value is -2.92. The Kier molecular flexibility index (Phi) is 5.72. The van der Waals surface area contributed by atoms with E-state index in [1.165, 1.54) is 16.8 Å². The summed E-state index contributed by atoms with van der Waals surface area (Å²) < 4.78 is 1.31. The SMILES string of the molecule is CC(c1ccc(Cl)cc1)N(C)C(=O)c1ccc(=O)n(Cc2ccccc2)n1. The Morgan fingerprint density at radius 1 is 1.07 bits per heavy atom. The summed E-state index contributed by atoms with van der Waals surface area (Å²) in [4.78, 5) is 26.6. The van der Waals surface area contributed by atoms with Crippen molar-refractivity contribution >= 4 is 17.5 Å². The van der Waals surface area contributed by atoms with E-state index >= 15 is 0 Å². The Morgan fingerprint density at radius 3 is 2.41 bits per heavy atom. The fraction of sp³-hybridized carbons (Fsp3) is 0.190. The monoisotopic (exact) mass is 381 g/mol. The summed E-state index contributed by atoms with van der Waals surface area (Å²) in [5.74, 6) is -0.251. The molecule has 1 atom stereocenters. The third-order valence-electron chi connectivity index (χ3n) is 4.51. The highest BCUT2D eigenvalue weighted by molar-refractivity contribution is 6.30. The van der Waals surface area contributed by atoms with E-state index in [0.717, 1.165) is 11.1 Å². The molecule has 5 nitrogen and oxygen atoms in total. The van der Waals surface area contributed by atoms with Crippen LogP contribution >= 0.6 is 11.6 Å². The van der Waals surface area contributed by atoms with Crippen molar-refractivity contribution in [2.45, 2.75) is 19.5 Å². The number of amides is 1. The second-order valence-electron chi connectivity index (χ2n) is 6.34. The average Bonchev–Trinajstić information content (AvgIpc) is 2.69. The fourth-order valence-electron chi connectivity index (χ4n) is 2.75. The van der Waals surface area contributed by atoms with Crippen molar-refractivity contribution in [1.29, 1.82) is 0 Å². The number of hydrogen-bond donors (Lipinski definition) is 0. The molecule has 1 amide bonds. The molecule has 1 aromatic heterocycles. The molecule has 0 fully saturated rings. The fourth-order valence-corrected chi connectivity index (χ4v) is 2.88. The van der Waals surface area contributed by atoms with Crippen LogP contribution in [0.25, 0.3) is 0 Å². The van der Waals surface area contributed by atoms with Crippen LogP contribution in [0.15, 0.2) is 71.5 Å². The Bertz CT molecular complexity index is 984. The molecule has 0 N–H and O–H groups in total. The third kappa shape index (κ3) is 4.44. The minimum atomic E-state index is -0.251. The molecule has 138 valence electrons. The van der Waals surface area contributed by atoms with Crippen molar-refractivity contribution in [3.05, 3.63) is 98.9 Å². The second-order valence-corrected chi connectivity index (χ2v) is 6.78. The molecule has 3 rings (SSSR count). The molecule has 0 spiro atoms. The first-order valence-corrected chi connectivity index (χ1v) is 8.98. The van der Waals surface area contributed by atoms with Crippen LogP contribution < -0.4 is 5.56 Å². The Balaban J connectivity index is 1.82. The predicted molar refractivity (Wildman–Crippen MR) is 106 cm³/mol. The molecule has 0 aliphatic carbocycles. The first-order chi connectivity index (χ1) is 13.0. The zero-order chi connectivity index (χ0) is 19.4. The molecule has 0 radical (unpaired) electrons. The molecular weight excluding hydrogens is 362 g/mol. The van der Waals surface area contributed by atoms with E-state index < -0.39 is 0 Å². The first kappa shape index (κ1) is 18.9. The van der Waals surface area contributed by atoms with Crippen molar-refractivity contribution in [1.82, 2.24) is 14.7 Å². The van der Waals surface area contributed by atoms with Gasteiger partial charge in [-0.15, -0.1) is 0 Å². The van der Waals surface area contributed by atoms with Crippen LogP contribution in [0.3, 0.4) is 0 Å². The van der Waals surface area contributed by atoms with E-state index in [2.05, 4.69) is 5.10 Å². The van der Waals surface area contributed by atoms with E-state index in [9.17, 15) is 9.59 Å². The smallest absolute Gasteiger partial charge is 0.274 e. The Labute approximate surface area is 162 Å². The number of carbonyl (C=O) groups excluding carboxylic acids is 1. The summed E-state index contributed by atoms with van der Waals surface area (Å²) in [6.45, 7) is 2.25. The van der Waals surface area contributed by atoms with Crippen LogP contribution in [0, 0.1) is 0 Å². The van der Waals surface area contributed by atoms with Gasteiger partial charge in [-0.3, -0.25) is 9.59 Å². The van der Waals surface area contributed by atoms with Gasteiger partial charge in [0.05, 0.1) is 12.6 Å². The van der Waals surface area contributed by atoms with Gasteiger partial charge >= 0.3 is 0 Å². The van der Waals surface area contributed by atoms with Gasteiger partial charge in [0.2, 0.25) is 0 Å². The molecule has 0 saturated heterocycles. The summed E-state index contributed by atoms with van der Waals surface area (Å²) in [5.41, 5.74) is 1.89. The van der Waals surface area contributed by atoms with Gasteiger partial charge in [0.1, 0.15) is 5.69 Å². The predicted octanol–water partition coefficient (Wildman–Crippen LogP) is 3.78. The van der Waals surface area contributed by atoms with Crippen LogP contribution in [0.2, 0.25) is 5.02 Å². The molecular formula is C21H20ClN3O2. The molecule has 6 heteroatoms. The van der Waals surface area contributed by atoms with Gasteiger partial charge in [0.25, 0.3) is 11.5 Å². The summed E-state index contributed by atoms with van der Waals surface area (Å²) in [6.07, 6.45) is 0. The second kappa shape index (κ2) is 8.18. The van der Waals surface area contributed by atoms with Crippen LogP contribution in [-0.2, 0) is 6.54 Å². The molecule has 2 aromatic carbocycles. The lowest BCUT2D eigenvalue weighted by molar-refractivity contribution is 0.0734.